The molecule has 2 unspecified atom stereocenters. The van der Waals surface area contributed by atoms with Crippen LogP contribution in [0.25, 0.3) is 0 Å². The van der Waals surface area contributed by atoms with Crippen LogP contribution in [0.4, 0.5) is 4.79 Å². The molecule has 0 aromatic rings. The number of amides is 1. The molecule has 5 saturated heterocycles. The van der Waals surface area contributed by atoms with Gasteiger partial charge in [0.1, 0.15) is 29.6 Å². The molecule has 8 N–H and O–H groups in total. The molecule has 5 aliphatic heterocycles. The summed E-state index contributed by atoms with van der Waals surface area (Å²) in [5.74, 6) is -4.54. The van der Waals surface area contributed by atoms with Gasteiger partial charge in [0.25, 0.3) is 0 Å². The Bertz CT molecular complexity index is 2490. The Kier molecular flexibility index (Phi) is 18.9. The molecule has 1 spiro atoms. The number of carbonyl (C=O) groups excluding carboxylic acids is 3. The first-order valence-corrected chi connectivity index (χ1v) is 29.7. The Hall–Kier alpha value is -3.65. The van der Waals surface area contributed by atoms with E-state index in [1.165, 1.54) is 14.2 Å². The fraction of sp³-hybridized carbons (Fsp3) is 0.787. The van der Waals surface area contributed by atoms with Crippen molar-refractivity contribution in [2.45, 2.75) is 237 Å². The molecule has 2 bridgehead atoms. The summed E-state index contributed by atoms with van der Waals surface area (Å²) in [6, 6.07) is -0.595. The Morgan fingerprint density at radius 3 is 2.00 bits per heavy atom. The van der Waals surface area contributed by atoms with Gasteiger partial charge in [-0.25, -0.2) is 9.59 Å². The van der Waals surface area contributed by atoms with Crippen molar-refractivity contribution in [2.75, 3.05) is 20.8 Å². The number of nitrogens with two attached hydrogens (primary N) is 1. The molecule has 5 heterocycles. The predicted molar refractivity (Wildman–Crippen MR) is 295 cm³/mol. The lowest BCUT2D eigenvalue weighted by atomic mass is 9.49. The maximum absolute atomic E-state index is 15.6. The monoisotopic (exact) mass is 1160 g/mol. The first-order chi connectivity index (χ1) is 38.6. The number of nitrogens with one attached hydrogen (secondary N) is 1. The number of aliphatic hydroxyl groups is 5. The van der Waals surface area contributed by atoms with Gasteiger partial charge in [0.05, 0.1) is 74.7 Å². The van der Waals surface area contributed by atoms with Gasteiger partial charge in [-0.1, -0.05) is 63.6 Å². The Morgan fingerprint density at radius 1 is 0.744 bits per heavy atom. The van der Waals surface area contributed by atoms with E-state index >= 15 is 4.79 Å². The van der Waals surface area contributed by atoms with Crippen molar-refractivity contribution in [3.8, 4) is 0 Å². The first kappa shape index (κ1) is 62.9. The number of ketones is 1. The number of aliphatic hydroxyl groups excluding tert-OH is 5. The van der Waals surface area contributed by atoms with Crippen molar-refractivity contribution in [1.82, 2.24) is 5.32 Å². The molecule has 4 aliphatic carbocycles. The lowest BCUT2D eigenvalue weighted by molar-refractivity contribution is -0.335. The van der Waals surface area contributed by atoms with E-state index in [0.29, 0.717) is 24.0 Å². The van der Waals surface area contributed by atoms with E-state index in [0.717, 1.165) is 5.57 Å². The zero-order valence-corrected chi connectivity index (χ0v) is 49.9. The van der Waals surface area contributed by atoms with Crippen LogP contribution in [0.5, 0.6) is 0 Å². The average Bonchev–Trinajstić information content (AvgIpc) is 3.56. The standard InChI is InChI=1S/C61H92N2O19/c1-27-14-17-42(78-47-25-59(10,62)54(35(9)77-47)63-58(71)73-13)28(2)19-37-20-36(26-64)31(5)24-61(37)56(69)48(57(70)82-61)55(68)60(11)39(27)16-15-38-49(60)29(3)18-30(4)51(38)80-46-23-43(50(67)32(6)74-46)79-44-22-41(66)53(34(8)76-44)81-45-21-40(65)52(72-12)33(7)75-45/h14-16,19-20,29-35,37-47,49-54,64-68H,17-18,21-26,62H2,1-13H3,(H,63,71)/b27-14-,28-19?,55-48-/t29-,30-,31+,32+,33+,34+,35+,37-,38-,39-,40-,41-,42?,43-,44-,45-,46-,47+,49+,50+,51-,52+,53+,54-,59-,60+,61?/m1/s1. The Morgan fingerprint density at radius 2 is 1.37 bits per heavy atom. The highest BCUT2D eigenvalue weighted by Crippen LogP contribution is 2.61. The second-order valence-corrected chi connectivity index (χ2v) is 25.8. The summed E-state index contributed by atoms with van der Waals surface area (Å²) in [7, 11) is 2.79. The highest BCUT2D eigenvalue weighted by atomic mass is 16.7. The van der Waals surface area contributed by atoms with Crippen LogP contribution < -0.4 is 11.1 Å². The van der Waals surface area contributed by atoms with Crippen LogP contribution in [0.1, 0.15) is 121 Å². The number of fused-ring (bicyclic) bond motifs is 4. The fourth-order valence-electron chi connectivity index (χ4n) is 15.7. The van der Waals surface area contributed by atoms with Crippen LogP contribution in [0.15, 0.2) is 58.4 Å². The van der Waals surface area contributed by atoms with Gasteiger partial charge in [-0.2, -0.15) is 0 Å². The second kappa shape index (κ2) is 24.6. The summed E-state index contributed by atoms with van der Waals surface area (Å²) in [6.45, 7) is 20.6. The van der Waals surface area contributed by atoms with E-state index in [2.05, 4.69) is 37.4 Å². The zero-order valence-electron chi connectivity index (χ0n) is 49.9. The van der Waals surface area contributed by atoms with E-state index in [4.69, 9.17) is 57.8 Å². The molecule has 27 atom stereocenters. The molecule has 0 aromatic carbocycles. The Balaban J connectivity index is 1.00. The van der Waals surface area contributed by atoms with Gasteiger partial charge in [0.15, 0.2) is 30.8 Å². The van der Waals surface area contributed by atoms with E-state index < -0.39 is 157 Å². The number of hydrogen-bond donors (Lipinski definition) is 7. The summed E-state index contributed by atoms with van der Waals surface area (Å²) < 4.78 is 68.4. The molecular formula is C61H92N2O19. The summed E-state index contributed by atoms with van der Waals surface area (Å²) >= 11 is 0. The average molecular weight is 1160 g/mol. The summed E-state index contributed by atoms with van der Waals surface area (Å²) in [5.41, 5.74) is 4.75. The number of alkyl carbamates (subject to hydrolysis) is 1. The van der Waals surface area contributed by atoms with Crippen molar-refractivity contribution in [1.29, 1.82) is 0 Å². The van der Waals surface area contributed by atoms with Gasteiger partial charge in [-0.3, -0.25) is 4.79 Å². The number of carbonyl (C=O) groups is 3. The summed E-state index contributed by atoms with van der Waals surface area (Å²) in [4.78, 5) is 42.6. The maximum Gasteiger partial charge on any atom is 0.407 e. The third-order valence-electron chi connectivity index (χ3n) is 19.9. The van der Waals surface area contributed by atoms with Crippen LogP contribution in [0.2, 0.25) is 0 Å². The van der Waals surface area contributed by atoms with Crippen LogP contribution in [0.3, 0.4) is 0 Å². The molecular weight excluding hydrogens is 1060 g/mol. The van der Waals surface area contributed by atoms with Crippen LogP contribution in [-0.4, -0.2) is 180 Å². The molecule has 21 nitrogen and oxygen atoms in total. The van der Waals surface area contributed by atoms with E-state index in [9.17, 15) is 35.1 Å². The molecule has 1 saturated carbocycles. The molecule has 9 aliphatic rings. The highest BCUT2D eigenvalue weighted by Gasteiger charge is 2.64. The van der Waals surface area contributed by atoms with E-state index in [-0.39, 0.29) is 73.7 Å². The Labute approximate surface area is 482 Å². The van der Waals surface area contributed by atoms with Crippen molar-refractivity contribution >= 4 is 17.8 Å². The van der Waals surface area contributed by atoms with Crippen LogP contribution in [0, 0.1) is 46.8 Å². The van der Waals surface area contributed by atoms with Crippen LogP contribution >= 0.6 is 0 Å². The van der Waals surface area contributed by atoms with Crippen molar-refractivity contribution in [2.24, 2.45) is 52.6 Å². The quantitative estimate of drug-likeness (QED) is 0.0789. The van der Waals surface area contributed by atoms with Crippen molar-refractivity contribution in [3.05, 3.63) is 58.4 Å². The SMILES string of the molecule is COC(=O)N[C@@H]1[C@H](C)O[C@@H](OC2C/C=C(/C)[C@H]3C=C[C@H]4[C@H](O[C@@H]5C[C@@H](O[C@@H]6C[C@@H](O)[C@@H](O[C@@H]7C[C@@H](O)[C@@H](OC)[C@H](C)O7)[C@H](C)O6)[C@@H](O)[C@H](C)O5)[C@H](C)C[C@@H](C)[C@@H]4[C@@]3(C)/C(O)=C3/C(=O)OC4(C[C@H](C)C(CO)=C[C@H]4C=C2C)C3=O)C[C@@]1(C)N. The lowest BCUT2D eigenvalue weighted by Gasteiger charge is -2.56. The number of esters is 1. The smallest absolute Gasteiger partial charge is 0.407 e. The van der Waals surface area contributed by atoms with Gasteiger partial charge in [-0.15, -0.1) is 0 Å². The molecule has 21 heteroatoms. The minimum atomic E-state index is -1.75. The van der Waals surface area contributed by atoms with E-state index in [1.807, 2.05) is 47.6 Å². The summed E-state index contributed by atoms with van der Waals surface area (Å²) in [6.07, 6.45) is -1.16. The van der Waals surface area contributed by atoms with Crippen molar-refractivity contribution < 1.29 is 92.0 Å². The largest absolute Gasteiger partial charge is 0.511 e. The predicted octanol–water partition coefficient (Wildman–Crippen LogP) is 5.25. The minimum absolute atomic E-state index is 0.0320. The van der Waals surface area contributed by atoms with Gasteiger partial charge >= 0.3 is 12.1 Å². The molecule has 6 fully saturated rings. The fourth-order valence-corrected chi connectivity index (χ4v) is 15.7. The van der Waals surface area contributed by atoms with Gasteiger partial charge in [-0.05, 0) is 96.1 Å². The second-order valence-electron chi connectivity index (χ2n) is 25.8. The molecule has 82 heavy (non-hydrogen) atoms. The number of ether oxygens (including phenoxy) is 11. The number of methoxy groups -OCH3 is 2. The third-order valence-corrected chi connectivity index (χ3v) is 19.9. The number of hydrogen-bond acceptors (Lipinski definition) is 20. The van der Waals surface area contributed by atoms with Gasteiger partial charge in [0.2, 0.25) is 5.78 Å². The number of rotatable bonds is 11. The minimum Gasteiger partial charge on any atom is -0.511 e. The number of Topliss-reactive ketones (excluding diaryl/α,β-unsaturated/α-hetero) is 1. The normalized spacial score (nSPS) is 49.7. The highest BCUT2D eigenvalue weighted by molar-refractivity contribution is 6.26. The molecule has 0 aromatic heterocycles. The zero-order chi connectivity index (χ0) is 59.7. The lowest BCUT2D eigenvalue weighted by Crippen LogP contribution is -2.66. The van der Waals surface area contributed by atoms with Gasteiger partial charge < -0.3 is 88.7 Å². The van der Waals surface area contributed by atoms with Crippen LogP contribution in [-0.2, 0) is 61.7 Å². The topological polar surface area (TPSA) is 292 Å². The van der Waals surface area contributed by atoms with E-state index in [1.54, 1.807) is 26.8 Å². The molecule has 460 valence electrons. The number of allylic oxidation sites excluding steroid dienone is 3. The molecule has 9 rings (SSSR count). The molecule has 1 amide bonds. The summed E-state index contributed by atoms with van der Waals surface area (Å²) in [5, 5.41) is 60.3. The molecule has 0 radical (unpaired) electrons. The third kappa shape index (κ3) is 11.8. The maximum atomic E-state index is 15.6. The first-order valence-electron chi connectivity index (χ1n) is 29.7. The van der Waals surface area contributed by atoms with Gasteiger partial charge in [0, 0.05) is 67.9 Å². The van der Waals surface area contributed by atoms with Crippen molar-refractivity contribution in [3.63, 3.8) is 0 Å².